The summed E-state index contributed by atoms with van der Waals surface area (Å²) in [4.78, 5) is 0. The molecule has 0 heterocycles. The molecule has 2 rings (SSSR count). The van der Waals surface area contributed by atoms with Crippen LogP contribution in [0.5, 0.6) is 5.75 Å². The molecule has 0 unspecified atom stereocenters. The second-order valence-corrected chi connectivity index (χ2v) is 4.25. The highest BCUT2D eigenvalue weighted by Crippen LogP contribution is 2.22. The van der Waals surface area contributed by atoms with Crippen molar-refractivity contribution in [3.05, 3.63) is 59.7 Å². The van der Waals surface area contributed by atoms with Gasteiger partial charge >= 0.3 is 0 Å². The minimum atomic E-state index is 0.395. The van der Waals surface area contributed by atoms with Crippen molar-refractivity contribution < 1.29 is 9.47 Å². The van der Waals surface area contributed by atoms with Gasteiger partial charge in [0.2, 0.25) is 0 Å². The first kappa shape index (κ1) is 13.9. The third kappa shape index (κ3) is 4.01. The summed E-state index contributed by atoms with van der Waals surface area (Å²) in [6.45, 7) is 1.41. The van der Waals surface area contributed by atoms with E-state index in [0.29, 0.717) is 36.8 Å². The molecule has 0 aromatic heterocycles. The third-order valence-electron chi connectivity index (χ3n) is 2.74. The molecule has 0 fully saturated rings. The number of nitrogens with two attached hydrogens (primary N) is 1. The smallest absolute Gasteiger partial charge is 0.143 e. The second-order valence-electron chi connectivity index (χ2n) is 4.25. The summed E-state index contributed by atoms with van der Waals surface area (Å²) in [6, 6.07) is 16.9. The largest absolute Gasteiger partial charge is 0.489 e. The summed E-state index contributed by atoms with van der Waals surface area (Å²) in [5.41, 5.74) is 7.95. The number of benzene rings is 2. The van der Waals surface area contributed by atoms with E-state index < -0.39 is 0 Å². The molecule has 0 aliphatic carbocycles. The average molecular weight is 268 g/mol. The van der Waals surface area contributed by atoms with Gasteiger partial charge in [-0.3, -0.25) is 0 Å². The monoisotopic (exact) mass is 268 g/mol. The summed E-state index contributed by atoms with van der Waals surface area (Å²) in [5, 5.41) is 8.82. The molecular formula is C16H16N2O2. The third-order valence-corrected chi connectivity index (χ3v) is 2.74. The molecule has 20 heavy (non-hydrogen) atoms. The molecule has 0 aliphatic heterocycles. The molecule has 4 heteroatoms. The zero-order chi connectivity index (χ0) is 14.2. The van der Waals surface area contributed by atoms with Crippen molar-refractivity contribution in [2.24, 2.45) is 0 Å². The molecule has 0 amide bonds. The highest BCUT2D eigenvalue weighted by atomic mass is 16.5. The number of nitriles is 1. The number of anilines is 1. The lowest BCUT2D eigenvalue weighted by molar-refractivity contribution is 0.0891. The molecule has 0 atom stereocenters. The van der Waals surface area contributed by atoms with Crippen molar-refractivity contribution in [3.63, 3.8) is 0 Å². The highest BCUT2D eigenvalue weighted by molar-refractivity contribution is 5.55. The Bertz CT molecular complexity index is 591. The zero-order valence-electron chi connectivity index (χ0n) is 11.1. The molecule has 0 saturated heterocycles. The molecule has 4 nitrogen and oxygen atoms in total. The number of ether oxygens (including phenoxy) is 2. The van der Waals surface area contributed by atoms with Crippen LogP contribution >= 0.6 is 0 Å². The topological polar surface area (TPSA) is 68.3 Å². The van der Waals surface area contributed by atoms with E-state index >= 15 is 0 Å². The molecule has 0 spiro atoms. The van der Waals surface area contributed by atoms with Gasteiger partial charge in [-0.15, -0.1) is 0 Å². The van der Waals surface area contributed by atoms with Crippen molar-refractivity contribution in [1.29, 1.82) is 5.26 Å². The molecule has 0 bridgehead atoms. The molecule has 0 radical (unpaired) electrons. The van der Waals surface area contributed by atoms with Gasteiger partial charge in [0.15, 0.2) is 0 Å². The fourth-order valence-electron chi connectivity index (χ4n) is 1.70. The first-order valence-corrected chi connectivity index (χ1v) is 6.33. The first-order chi connectivity index (χ1) is 9.79. The van der Waals surface area contributed by atoms with Crippen LogP contribution in [0.2, 0.25) is 0 Å². The fourth-order valence-corrected chi connectivity index (χ4v) is 1.70. The number of rotatable bonds is 6. The van der Waals surface area contributed by atoms with E-state index in [2.05, 4.69) is 6.07 Å². The normalized spacial score (nSPS) is 9.95. The maximum absolute atomic E-state index is 8.82. The Labute approximate surface area is 118 Å². The second kappa shape index (κ2) is 7.17. The van der Waals surface area contributed by atoms with E-state index in [-0.39, 0.29) is 0 Å². The number of nitrogens with zero attached hydrogens (tertiary/aromatic N) is 1. The summed E-state index contributed by atoms with van der Waals surface area (Å²) >= 11 is 0. The summed E-state index contributed by atoms with van der Waals surface area (Å²) in [6.07, 6.45) is 0. The van der Waals surface area contributed by atoms with Gasteiger partial charge in [-0.1, -0.05) is 30.3 Å². The van der Waals surface area contributed by atoms with E-state index in [0.717, 1.165) is 5.56 Å². The molecule has 0 aliphatic rings. The maximum atomic E-state index is 8.82. The van der Waals surface area contributed by atoms with Crippen LogP contribution in [-0.4, -0.2) is 13.2 Å². The summed E-state index contributed by atoms with van der Waals surface area (Å²) < 4.78 is 11.0. The van der Waals surface area contributed by atoms with E-state index in [1.54, 1.807) is 18.2 Å². The lowest BCUT2D eigenvalue weighted by Gasteiger charge is -2.09. The van der Waals surface area contributed by atoms with Crippen molar-refractivity contribution >= 4 is 5.69 Å². The Morgan fingerprint density at radius 2 is 1.85 bits per heavy atom. The number of nitrogen functional groups attached to an aromatic ring is 1. The Hall–Kier alpha value is -2.51. The van der Waals surface area contributed by atoms with E-state index in [4.69, 9.17) is 20.5 Å². The Morgan fingerprint density at radius 3 is 2.60 bits per heavy atom. The lowest BCUT2D eigenvalue weighted by Crippen LogP contribution is -2.08. The fraction of sp³-hybridized carbons (Fsp3) is 0.188. The van der Waals surface area contributed by atoms with Gasteiger partial charge in [0.25, 0.3) is 0 Å². The predicted molar refractivity (Wildman–Crippen MR) is 77.2 cm³/mol. The molecule has 2 aromatic rings. The standard InChI is InChI=1S/C16H16N2O2/c17-11-14-6-7-15(18)16(10-14)20-9-8-19-12-13-4-2-1-3-5-13/h1-7,10H,8-9,12,18H2. The maximum Gasteiger partial charge on any atom is 0.143 e. The summed E-state index contributed by atoms with van der Waals surface area (Å²) in [7, 11) is 0. The zero-order valence-corrected chi connectivity index (χ0v) is 11.1. The van der Waals surface area contributed by atoms with E-state index in [1.165, 1.54) is 0 Å². The van der Waals surface area contributed by atoms with Crippen molar-refractivity contribution in [2.75, 3.05) is 18.9 Å². The molecule has 0 saturated carbocycles. The van der Waals surface area contributed by atoms with Crippen molar-refractivity contribution in [2.45, 2.75) is 6.61 Å². The van der Waals surface area contributed by atoms with Gasteiger partial charge in [-0.25, -0.2) is 0 Å². The van der Waals surface area contributed by atoms with Crippen LogP contribution in [0, 0.1) is 11.3 Å². The minimum Gasteiger partial charge on any atom is -0.489 e. The number of hydrogen-bond acceptors (Lipinski definition) is 4. The lowest BCUT2D eigenvalue weighted by atomic mass is 10.2. The Morgan fingerprint density at radius 1 is 1.05 bits per heavy atom. The van der Waals surface area contributed by atoms with Crippen molar-refractivity contribution in [1.82, 2.24) is 0 Å². The van der Waals surface area contributed by atoms with Crippen molar-refractivity contribution in [3.8, 4) is 11.8 Å². The van der Waals surface area contributed by atoms with Gasteiger partial charge in [0.1, 0.15) is 12.4 Å². The predicted octanol–water partition coefficient (Wildman–Crippen LogP) is 2.74. The van der Waals surface area contributed by atoms with Gasteiger partial charge < -0.3 is 15.2 Å². The molecular weight excluding hydrogens is 252 g/mol. The molecule has 102 valence electrons. The van der Waals surface area contributed by atoms with Gasteiger partial charge in [0, 0.05) is 6.07 Å². The van der Waals surface area contributed by atoms with Crippen LogP contribution in [0.4, 0.5) is 5.69 Å². The van der Waals surface area contributed by atoms with Gasteiger partial charge in [-0.2, -0.15) is 5.26 Å². The molecule has 2 aromatic carbocycles. The Kier molecular flexibility index (Phi) is 4.99. The van der Waals surface area contributed by atoms with Gasteiger partial charge in [-0.05, 0) is 17.7 Å². The highest BCUT2D eigenvalue weighted by Gasteiger charge is 2.02. The quantitative estimate of drug-likeness (QED) is 0.646. The number of hydrogen-bond donors (Lipinski definition) is 1. The first-order valence-electron chi connectivity index (χ1n) is 6.33. The summed E-state index contributed by atoms with van der Waals surface area (Å²) in [5.74, 6) is 0.521. The van der Waals surface area contributed by atoms with Crippen LogP contribution in [0.3, 0.4) is 0 Å². The van der Waals surface area contributed by atoms with Crippen LogP contribution in [0.1, 0.15) is 11.1 Å². The van der Waals surface area contributed by atoms with Crippen LogP contribution < -0.4 is 10.5 Å². The minimum absolute atomic E-state index is 0.395. The van der Waals surface area contributed by atoms with Gasteiger partial charge in [0.05, 0.1) is 30.5 Å². The van der Waals surface area contributed by atoms with Crippen LogP contribution in [-0.2, 0) is 11.3 Å². The SMILES string of the molecule is N#Cc1ccc(N)c(OCCOCc2ccccc2)c1. The average Bonchev–Trinajstić information content (AvgIpc) is 2.50. The van der Waals surface area contributed by atoms with E-state index in [1.807, 2.05) is 30.3 Å². The van der Waals surface area contributed by atoms with Crippen LogP contribution in [0.25, 0.3) is 0 Å². The Balaban J connectivity index is 1.75. The molecule has 2 N–H and O–H groups in total. The van der Waals surface area contributed by atoms with Crippen LogP contribution in [0.15, 0.2) is 48.5 Å². The van der Waals surface area contributed by atoms with E-state index in [9.17, 15) is 0 Å².